The van der Waals surface area contributed by atoms with Crippen molar-refractivity contribution in [3.63, 3.8) is 0 Å². The summed E-state index contributed by atoms with van der Waals surface area (Å²) in [6, 6.07) is 5.95. The first kappa shape index (κ1) is 20.1. The van der Waals surface area contributed by atoms with Crippen LogP contribution in [0, 0.1) is 0 Å². The van der Waals surface area contributed by atoms with Crippen molar-refractivity contribution in [3.05, 3.63) is 24.3 Å². The number of carbonyl (C=O) groups is 1. The van der Waals surface area contributed by atoms with Crippen LogP contribution in [-0.2, 0) is 14.8 Å². The smallest absolute Gasteiger partial charge is 0.490 e. The highest BCUT2D eigenvalue weighted by Gasteiger charge is 2.38. The maximum atomic E-state index is 10.9. The molecular weight excluding hydrogens is 329 g/mol. The van der Waals surface area contributed by atoms with Crippen LogP contribution >= 0.6 is 0 Å². The zero-order chi connectivity index (χ0) is 17.4. The van der Waals surface area contributed by atoms with Crippen LogP contribution in [0.3, 0.4) is 0 Å². The zero-order valence-electron chi connectivity index (χ0n) is 11.2. The molecule has 0 aromatic heterocycles. The van der Waals surface area contributed by atoms with Crippen LogP contribution in [0.5, 0.6) is 5.75 Å². The Balaban J connectivity index is 0.000000534. The molecule has 0 heterocycles. The van der Waals surface area contributed by atoms with Crippen molar-refractivity contribution in [2.45, 2.75) is 17.5 Å². The molecule has 0 fully saturated rings. The number of rotatable bonds is 5. The van der Waals surface area contributed by atoms with E-state index in [-0.39, 0.29) is 4.90 Å². The predicted octanol–water partition coefficient (Wildman–Crippen LogP) is 0.695. The number of benzene rings is 1. The van der Waals surface area contributed by atoms with E-state index in [1.807, 2.05) is 0 Å². The van der Waals surface area contributed by atoms with Gasteiger partial charge in [-0.2, -0.15) is 13.2 Å². The summed E-state index contributed by atoms with van der Waals surface area (Å²) in [5, 5.41) is 12.1. The molecule has 1 aromatic carbocycles. The first-order valence-electron chi connectivity index (χ1n) is 5.74. The standard InChI is InChI=1S/C9H14N2O3S.C2HF3O2/c10-6-1-7-14-8-2-4-9(5-3-8)15(11,12)13;3-2(4,5)1(6)7/h2-5H,1,6-7,10H2,(H2,11,12,13);(H,6,7). The number of carboxylic acid groups (broad SMARTS) is 1. The van der Waals surface area contributed by atoms with Gasteiger partial charge in [-0.05, 0) is 37.2 Å². The lowest BCUT2D eigenvalue weighted by Crippen LogP contribution is -2.21. The van der Waals surface area contributed by atoms with E-state index in [9.17, 15) is 21.6 Å². The quantitative estimate of drug-likeness (QED) is 0.673. The molecule has 0 saturated carbocycles. The lowest BCUT2D eigenvalue weighted by Gasteiger charge is -2.05. The van der Waals surface area contributed by atoms with Crippen LogP contribution in [0.15, 0.2) is 29.2 Å². The molecule has 0 saturated heterocycles. The third-order valence-electron chi connectivity index (χ3n) is 2.01. The predicted molar refractivity (Wildman–Crippen MR) is 70.7 cm³/mol. The number of carboxylic acids is 1. The van der Waals surface area contributed by atoms with E-state index in [2.05, 4.69) is 0 Å². The summed E-state index contributed by atoms with van der Waals surface area (Å²) in [4.78, 5) is 8.97. The molecule has 126 valence electrons. The Kier molecular flexibility index (Phi) is 7.84. The summed E-state index contributed by atoms with van der Waals surface area (Å²) in [5.41, 5.74) is 5.30. The molecule has 0 radical (unpaired) electrons. The Bertz CT molecular complexity index is 572. The second-order valence-corrected chi connectivity index (χ2v) is 5.37. The number of hydrogen-bond donors (Lipinski definition) is 3. The topological polar surface area (TPSA) is 133 Å². The zero-order valence-corrected chi connectivity index (χ0v) is 12.0. The lowest BCUT2D eigenvalue weighted by atomic mass is 10.3. The summed E-state index contributed by atoms with van der Waals surface area (Å²) < 4.78 is 58.9. The monoisotopic (exact) mass is 344 g/mol. The first-order valence-corrected chi connectivity index (χ1v) is 7.29. The number of hydrogen-bond acceptors (Lipinski definition) is 5. The Morgan fingerprint density at radius 2 is 1.68 bits per heavy atom. The van der Waals surface area contributed by atoms with Crippen LogP contribution in [-0.4, -0.2) is 38.8 Å². The Hall–Kier alpha value is -1.85. The van der Waals surface area contributed by atoms with Gasteiger partial charge in [0.05, 0.1) is 11.5 Å². The molecule has 1 rings (SSSR count). The van der Waals surface area contributed by atoms with Gasteiger partial charge >= 0.3 is 12.1 Å². The van der Waals surface area contributed by atoms with Gasteiger partial charge in [0.2, 0.25) is 10.0 Å². The molecular formula is C11H15F3N2O5S. The third kappa shape index (κ3) is 8.44. The van der Waals surface area contributed by atoms with E-state index in [0.717, 1.165) is 6.42 Å². The number of aliphatic carboxylic acids is 1. The van der Waals surface area contributed by atoms with Gasteiger partial charge in [-0.15, -0.1) is 0 Å². The summed E-state index contributed by atoms with van der Waals surface area (Å²) in [7, 11) is -3.62. The molecule has 0 aliphatic rings. The fraction of sp³-hybridized carbons (Fsp3) is 0.364. The molecule has 1 aromatic rings. The van der Waals surface area contributed by atoms with E-state index < -0.39 is 22.2 Å². The van der Waals surface area contributed by atoms with Gasteiger partial charge in [-0.1, -0.05) is 0 Å². The Morgan fingerprint density at radius 1 is 1.23 bits per heavy atom. The number of alkyl halides is 3. The number of halogens is 3. The number of primary sulfonamides is 1. The molecule has 0 unspecified atom stereocenters. The number of nitrogens with two attached hydrogens (primary N) is 2. The van der Waals surface area contributed by atoms with Crippen LogP contribution in [0.2, 0.25) is 0 Å². The van der Waals surface area contributed by atoms with Gasteiger partial charge < -0.3 is 15.6 Å². The maximum Gasteiger partial charge on any atom is 0.490 e. The van der Waals surface area contributed by atoms with E-state index >= 15 is 0 Å². The molecule has 0 aliphatic heterocycles. The molecule has 7 nitrogen and oxygen atoms in total. The summed E-state index contributed by atoms with van der Waals surface area (Å²) in [6.45, 7) is 1.08. The van der Waals surface area contributed by atoms with Gasteiger partial charge in [0.25, 0.3) is 0 Å². The van der Waals surface area contributed by atoms with E-state index in [1.165, 1.54) is 12.1 Å². The van der Waals surface area contributed by atoms with Gasteiger partial charge in [-0.25, -0.2) is 18.4 Å². The maximum absolute atomic E-state index is 10.9. The highest BCUT2D eigenvalue weighted by molar-refractivity contribution is 7.89. The van der Waals surface area contributed by atoms with Crippen molar-refractivity contribution >= 4 is 16.0 Å². The minimum Gasteiger partial charge on any atom is -0.494 e. The van der Waals surface area contributed by atoms with Crippen molar-refractivity contribution in [1.82, 2.24) is 0 Å². The third-order valence-corrected chi connectivity index (χ3v) is 2.94. The summed E-state index contributed by atoms with van der Waals surface area (Å²) >= 11 is 0. The van der Waals surface area contributed by atoms with Crippen molar-refractivity contribution in [3.8, 4) is 5.75 Å². The van der Waals surface area contributed by atoms with Gasteiger partial charge in [-0.3, -0.25) is 0 Å². The van der Waals surface area contributed by atoms with E-state index in [0.29, 0.717) is 18.9 Å². The molecule has 22 heavy (non-hydrogen) atoms. The largest absolute Gasteiger partial charge is 0.494 e. The fourth-order valence-electron chi connectivity index (χ4n) is 0.999. The molecule has 0 amide bonds. The second-order valence-electron chi connectivity index (χ2n) is 3.81. The molecule has 11 heteroatoms. The Labute approximate surface area is 124 Å². The number of sulfonamides is 1. The van der Waals surface area contributed by atoms with Crippen LogP contribution in [0.4, 0.5) is 13.2 Å². The summed E-state index contributed by atoms with van der Waals surface area (Å²) in [5.74, 6) is -2.15. The van der Waals surface area contributed by atoms with Gasteiger partial charge in [0, 0.05) is 0 Å². The van der Waals surface area contributed by atoms with E-state index in [4.69, 9.17) is 25.5 Å². The lowest BCUT2D eigenvalue weighted by molar-refractivity contribution is -0.192. The van der Waals surface area contributed by atoms with Gasteiger partial charge in [0.1, 0.15) is 5.75 Å². The van der Waals surface area contributed by atoms with Crippen LogP contribution in [0.1, 0.15) is 6.42 Å². The highest BCUT2D eigenvalue weighted by Crippen LogP contribution is 2.15. The SMILES string of the molecule is NCCCOc1ccc(S(N)(=O)=O)cc1.O=C(O)C(F)(F)F. The van der Waals surface area contributed by atoms with Crippen LogP contribution < -0.4 is 15.6 Å². The van der Waals surface area contributed by atoms with Gasteiger partial charge in [0.15, 0.2) is 0 Å². The first-order chi connectivity index (χ1) is 9.98. The van der Waals surface area contributed by atoms with E-state index in [1.54, 1.807) is 12.1 Å². The fourth-order valence-corrected chi connectivity index (χ4v) is 1.51. The second kappa shape index (κ2) is 8.56. The molecule has 0 bridgehead atoms. The number of ether oxygens (including phenoxy) is 1. The van der Waals surface area contributed by atoms with Crippen molar-refractivity contribution in [2.24, 2.45) is 10.9 Å². The average molecular weight is 344 g/mol. The van der Waals surface area contributed by atoms with Crippen molar-refractivity contribution in [2.75, 3.05) is 13.2 Å². The molecule has 0 spiro atoms. The minimum absolute atomic E-state index is 0.0775. The van der Waals surface area contributed by atoms with Crippen molar-refractivity contribution in [1.29, 1.82) is 0 Å². The van der Waals surface area contributed by atoms with Crippen molar-refractivity contribution < 1.29 is 36.2 Å². The highest BCUT2D eigenvalue weighted by atomic mass is 32.2. The van der Waals surface area contributed by atoms with Crippen LogP contribution in [0.25, 0.3) is 0 Å². The molecule has 0 aliphatic carbocycles. The molecule has 5 N–H and O–H groups in total. The average Bonchev–Trinajstić information content (AvgIpc) is 2.38. The normalized spacial score (nSPS) is 11.3. The Morgan fingerprint density at radius 3 is 2.00 bits per heavy atom. The molecule has 0 atom stereocenters. The minimum atomic E-state index is -5.08. The summed E-state index contributed by atoms with van der Waals surface area (Å²) in [6.07, 6.45) is -4.32.